The maximum absolute atomic E-state index is 12.3. The topological polar surface area (TPSA) is 112 Å². The molecule has 1 aliphatic rings. The summed E-state index contributed by atoms with van der Waals surface area (Å²) in [7, 11) is 3.04. The zero-order valence-electron chi connectivity index (χ0n) is 19.9. The number of rotatable bonds is 10. The number of nitrogens with zero attached hydrogens (tertiary/aromatic N) is 2. The number of fused-ring (bicyclic) bond motifs is 1. The number of methoxy groups -OCH3 is 2. The van der Waals surface area contributed by atoms with Gasteiger partial charge in [0.25, 0.3) is 0 Å². The first kappa shape index (κ1) is 24.0. The number of carboxylic acids is 1. The molecule has 184 valence electrons. The largest absolute Gasteiger partial charge is 0.507 e. The first-order valence-corrected chi connectivity index (χ1v) is 11.3. The number of unbranched alkanes of at least 4 members (excludes halogenated alkanes) is 1. The predicted molar refractivity (Wildman–Crippen MR) is 129 cm³/mol. The van der Waals surface area contributed by atoms with E-state index in [4.69, 9.17) is 18.9 Å². The molecule has 2 heterocycles. The molecular weight excluding hydrogens is 452 g/mol. The third-order valence-electron chi connectivity index (χ3n) is 5.75. The lowest BCUT2D eigenvalue weighted by atomic mass is 9.99. The summed E-state index contributed by atoms with van der Waals surface area (Å²) in [5, 5.41) is 25.3. The third-order valence-corrected chi connectivity index (χ3v) is 5.75. The highest BCUT2D eigenvalue weighted by Crippen LogP contribution is 2.39. The molecule has 0 radical (unpaired) electrons. The van der Waals surface area contributed by atoms with Gasteiger partial charge in [0.05, 0.1) is 14.2 Å². The van der Waals surface area contributed by atoms with Crippen molar-refractivity contribution in [2.24, 2.45) is 0 Å². The van der Waals surface area contributed by atoms with E-state index >= 15 is 0 Å². The molecule has 0 saturated carbocycles. The number of benzene rings is 2. The zero-order valence-corrected chi connectivity index (χ0v) is 19.9. The van der Waals surface area contributed by atoms with Crippen molar-refractivity contribution in [3.05, 3.63) is 53.2 Å². The molecule has 0 amide bonds. The molecule has 35 heavy (non-hydrogen) atoms. The Morgan fingerprint density at radius 1 is 1.17 bits per heavy atom. The fourth-order valence-corrected chi connectivity index (χ4v) is 3.90. The standard InChI is InChI=1S/C26H28N2O7/c1-4-5-8-28-14-18(25(27-28)20-7-6-19(32-2)12-21(20)29)10-17(26(30)31)9-16-11-23-24(35-15-34-23)13-22(16)33-3/h6-7,10-14,29H,4-5,8-9,15H2,1-3H3,(H,30,31). The van der Waals surface area contributed by atoms with Crippen LogP contribution in [0.5, 0.6) is 28.7 Å². The normalized spacial score (nSPS) is 12.6. The molecule has 0 fully saturated rings. The van der Waals surface area contributed by atoms with Gasteiger partial charge in [0, 0.05) is 53.6 Å². The van der Waals surface area contributed by atoms with Crippen molar-refractivity contribution < 1.29 is 34.0 Å². The number of aromatic nitrogens is 2. The second kappa shape index (κ2) is 10.4. The van der Waals surface area contributed by atoms with Crippen LogP contribution in [0.3, 0.4) is 0 Å². The summed E-state index contributed by atoms with van der Waals surface area (Å²) < 4.78 is 23.3. The Morgan fingerprint density at radius 3 is 2.60 bits per heavy atom. The van der Waals surface area contributed by atoms with Crippen LogP contribution in [0.25, 0.3) is 17.3 Å². The second-order valence-electron chi connectivity index (χ2n) is 8.10. The Hall–Kier alpha value is -4.14. The minimum atomic E-state index is -1.07. The van der Waals surface area contributed by atoms with Gasteiger partial charge in [-0.25, -0.2) is 4.79 Å². The van der Waals surface area contributed by atoms with E-state index in [0.29, 0.717) is 51.9 Å². The van der Waals surface area contributed by atoms with Crippen LogP contribution in [0.4, 0.5) is 0 Å². The van der Waals surface area contributed by atoms with Crippen LogP contribution in [0.15, 0.2) is 42.1 Å². The molecule has 2 aromatic carbocycles. The maximum Gasteiger partial charge on any atom is 0.331 e. The number of ether oxygens (including phenoxy) is 4. The number of aromatic hydroxyl groups is 1. The molecule has 0 saturated heterocycles. The van der Waals surface area contributed by atoms with Gasteiger partial charge >= 0.3 is 5.97 Å². The summed E-state index contributed by atoms with van der Waals surface area (Å²) in [6, 6.07) is 8.37. The Balaban J connectivity index is 1.77. The van der Waals surface area contributed by atoms with E-state index in [1.165, 1.54) is 20.3 Å². The molecule has 0 unspecified atom stereocenters. The van der Waals surface area contributed by atoms with Crippen LogP contribution in [0, 0.1) is 0 Å². The van der Waals surface area contributed by atoms with Gasteiger partial charge in [0.1, 0.15) is 22.9 Å². The van der Waals surface area contributed by atoms with Crippen molar-refractivity contribution in [3.8, 4) is 40.0 Å². The Bertz CT molecular complexity index is 1260. The van der Waals surface area contributed by atoms with Gasteiger partial charge in [-0.1, -0.05) is 13.3 Å². The summed E-state index contributed by atoms with van der Waals surface area (Å²) in [6.07, 6.45) is 5.37. The van der Waals surface area contributed by atoms with Crippen molar-refractivity contribution in [1.29, 1.82) is 0 Å². The second-order valence-corrected chi connectivity index (χ2v) is 8.10. The van der Waals surface area contributed by atoms with Gasteiger partial charge in [-0.15, -0.1) is 0 Å². The van der Waals surface area contributed by atoms with Crippen LogP contribution in [0.1, 0.15) is 30.9 Å². The number of hydrogen-bond acceptors (Lipinski definition) is 7. The Morgan fingerprint density at radius 2 is 1.94 bits per heavy atom. The minimum Gasteiger partial charge on any atom is -0.507 e. The first-order chi connectivity index (χ1) is 16.9. The number of hydrogen-bond donors (Lipinski definition) is 2. The lowest BCUT2D eigenvalue weighted by Crippen LogP contribution is -2.05. The molecule has 3 aromatic rings. The number of phenols is 1. The molecule has 0 spiro atoms. The molecule has 0 aliphatic carbocycles. The lowest BCUT2D eigenvalue weighted by Gasteiger charge is -2.11. The fourth-order valence-electron chi connectivity index (χ4n) is 3.90. The number of aliphatic carboxylic acids is 1. The maximum atomic E-state index is 12.3. The molecule has 1 aromatic heterocycles. The molecule has 0 bridgehead atoms. The van der Waals surface area contributed by atoms with Crippen LogP contribution in [-0.4, -0.2) is 47.0 Å². The van der Waals surface area contributed by atoms with E-state index in [-0.39, 0.29) is 24.5 Å². The highest BCUT2D eigenvalue weighted by molar-refractivity contribution is 5.94. The molecule has 0 atom stereocenters. The van der Waals surface area contributed by atoms with Crippen molar-refractivity contribution in [2.75, 3.05) is 21.0 Å². The highest BCUT2D eigenvalue weighted by atomic mass is 16.7. The smallest absolute Gasteiger partial charge is 0.331 e. The number of carboxylic acid groups (broad SMARTS) is 1. The third kappa shape index (κ3) is 5.18. The van der Waals surface area contributed by atoms with E-state index in [1.54, 1.807) is 41.2 Å². The van der Waals surface area contributed by atoms with Gasteiger partial charge in [-0.3, -0.25) is 4.68 Å². The van der Waals surface area contributed by atoms with Crippen LogP contribution >= 0.6 is 0 Å². The van der Waals surface area contributed by atoms with Crippen molar-refractivity contribution in [1.82, 2.24) is 9.78 Å². The monoisotopic (exact) mass is 480 g/mol. The van der Waals surface area contributed by atoms with Gasteiger partial charge in [0.2, 0.25) is 6.79 Å². The van der Waals surface area contributed by atoms with Gasteiger partial charge in [0.15, 0.2) is 11.5 Å². The predicted octanol–water partition coefficient (Wildman–Crippen LogP) is 4.51. The van der Waals surface area contributed by atoms with Crippen LogP contribution < -0.4 is 18.9 Å². The lowest BCUT2D eigenvalue weighted by molar-refractivity contribution is -0.132. The van der Waals surface area contributed by atoms with Crippen molar-refractivity contribution in [2.45, 2.75) is 32.7 Å². The first-order valence-electron chi connectivity index (χ1n) is 11.3. The van der Waals surface area contributed by atoms with E-state index in [2.05, 4.69) is 12.0 Å². The average molecular weight is 481 g/mol. The summed E-state index contributed by atoms with van der Waals surface area (Å²) in [5.74, 6) is 1.04. The van der Waals surface area contributed by atoms with Crippen LogP contribution in [-0.2, 0) is 17.8 Å². The van der Waals surface area contributed by atoms with Crippen molar-refractivity contribution >= 4 is 12.0 Å². The van der Waals surface area contributed by atoms with E-state index < -0.39 is 5.97 Å². The average Bonchev–Trinajstić information content (AvgIpc) is 3.47. The SMILES string of the molecule is CCCCn1cc(C=C(Cc2cc3c(cc2OC)OCO3)C(=O)O)c(-c2ccc(OC)cc2O)n1. The van der Waals surface area contributed by atoms with E-state index in [9.17, 15) is 15.0 Å². The Labute approximate surface area is 203 Å². The van der Waals surface area contributed by atoms with Gasteiger partial charge in [-0.05, 0) is 30.7 Å². The summed E-state index contributed by atoms with van der Waals surface area (Å²) in [4.78, 5) is 12.3. The van der Waals surface area contributed by atoms with Crippen LogP contribution in [0.2, 0.25) is 0 Å². The van der Waals surface area contributed by atoms with Gasteiger partial charge < -0.3 is 29.2 Å². The summed E-state index contributed by atoms with van der Waals surface area (Å²) >= 11 is 0. The molecular formula is C26H28N2O7. The quantitative estimate of drug-likeness (QED) is 0.408. The summed E-state index contributed by atoms with van der Waals surface area (Å²) in [6.45, 7) is 2.86. The Kier molecular flexibility index (Phi) is 7.14. The highest BCUT2D eigenvalue weighted by Gasteiger charge is 2.21. The molecule has 1 aliphatic heterocycles. The summed E-state index contributed by atoms with van der Waals surface area (Å²) in [5.41, 5.74) is 2.33. The molecule has 2 N–H and O–H groups in total. The number of carbonyl (C=O) groups is 1. The zero-order chi connectivity index (χ0) is 24.9. The molecule has 9 nitrogen and oxygen atoms in total. The molecule has 4 rings (SSSR count). The van der Waals surface area contributed by atoms with Crippen molar-refractivity contribution in [3.63, 3.8) is 0 Å². The number of phenolic OH excluding ortho intramolecular Hbond substituents is 1. The fraction of sp³-hybridized carbons (Fsp3) is 0.308. The van der Waals surface area contributed by atoms with Gasteiger partial charge in [-0.2, -0.15) is 5.10 Å². The minimum absolute atomic E-state index is 0.00550. The van der Waals surface area contributed by atoms with E-state index in [1.807, 2.05) is 0 Å². The van der Waals surface area contributed by atoms with E-state index in [0.717, 1.165) is 12.8 Å². The number of aryl methyl sites for hydroxylation is 1. The molecule has 9 heteroatoms.